The number of aromatic nitrogens is 2. The van der Waals surface area contributed by atoms with Gasteiger partial charge < -0.3 is 14.0 Å². The lowest BCUT2D eigenvalue weighted by Gasteiger charge is -2.28. The fraction of sp³-hybridized carbons (Fsp3) is 0.318. The Morgan fingerprint density at radius 2 is 1.93 bits per heavy atom. The second-order valence-electron chi connectivity index (χ2n) is 7.18. The van der Waals surface area contributed by atoms with Gasteiger partial charge in [0, 0.05) is 29.5 Å². The first-order chi connectivity index (χ1) is 14.5. The van der Waals surface area contributed by atoms with Crippen molar-refractivity contribution in [1.29, 1.82) is 0 Å². The standard InChI is InChI=1S/C22H21Cl2FN2O2S/c23-19-2-1-3-20(24)21(19)30-13-18-12-28-22(29-18,14-27-11-10-26-15-27)9-8-16-4-6-17(25)7-5-16/h1-7,10-11,15,18H,8-9,12-14H2. The van der Waals surface area contributed by atoms with E-state index < -0.39 is 5.79 Å². The van der Waals surface area contributed by atoms with Crippen molar-refractivity contribution < 1.29 is 13.9 Å². The molecule has 8 heteroatoms. The molecule has 3 aromatic rings. The van der Waals surface area contributed by atoms with Gasteiger partial charge in [0.1, 0.15) is 5.82 Å². The Labute approximate surface area is 189 Å². The van der Waals surface area contributed by atoms with Crippen LogP contribution in [0.15, 0.2) is 66.1 Å². The van der Waals surface area contributed by atoms with E-state index in [1.54, 1.807) is 36.4 Å². The molecule has 2 unspecified atom stereocenters. The van der Waals surface area contributed by atoms with Gasteiger partial charge >= 0.3 is 0 Å². The molecule has 1 saturated heterocycles. The van der Waals surface area contributed by atoms with Crippen LogP contribution in [0.2, 0.25) is 10.0 Å². The monoisotopic (exact) mass is 466 g/mol. The van der Waals surface area contributed by atoms with Crippen LogP contribution in [0.1, 0.15) is 12.0 Å². The van der Waals surface area contributed by atoms with Gasteiger partial charge in [-0.3, -0.25) is 0 Å². The number of benzene rings is 2. The van der Waals surface area contributed by atoms with Gasteiger partial charge in [-0.25, -0.2) is 9.37 Å². The molecule has 0 N–H and O–H groups in total. The zero-order chi connectivity index (χ0) is 21.0. The van der Waals surface area contributed by atoms with Crippen molar-refractivity contribution in [2.24, 2.45) is 0 Å². The maximum atomic E-state index is 13.2. The van der Waals surface area contributed by atoms with E-state index in [2.05, 4.69) is 4.98 Å². The number of rotatable bonds is 8. The van der Waals surface area contributed by atoms with Crippen LogP contribution in [-0.2, 0) is 22.4 Å². The number of aryl methyl sites for hydroxylation is 1. The largest absolute Gasteiger partial charge is 0.345 e. The summed E-state index contributed by atoms with van der Waals surface area (Å²) in [5, 5.41) is 1.26. The molecule has 2 heterocycles. The van der Waals surface area contributed by atoms with E-state index >= 15 is 0 Å². The maximum Gasteiger partial charge on any atom is 0.187 e. The zero-order valence-electron chi connectivity index (χ0n) is 16.1. The van der Waals surface area contributed by atoms with Crippen molar-refractivity contribution in [2.45, 2.75) is 36.2 Å². The summed E-state index contributed by atoms with van der Waals surface area (Å²) in [5.74, 6) is -0.341. The molecule has 0 radical (unpaired) electrons. The van der Waals surface area contributed by atoms with Gasteiger partial charge in [0.25, 0.3) is 0 Å². The quantitative estimate of drug-likeness (QED) is 0.389. The van der Waals surface area contributed by atoms with Crippen LogP contribution >= 0.6 is 35.0 Å². The van der Waals surface area contributed by atoms with Crippen LogP contribution in [0.4, 0.5) is 4.39 Å². The van der Waals surface area contributed by atoms with Crippen molar-refractivity contribution in [3.05, 3.63) is 82.6 Å². The van der Waals surface area contributed by atoms with Crippen molar-refractivity contribution in [2.75, 3.05) is 12.4 Å². The average Bonchev–Trinajstić information content (AvgIpc) is 3.38. The number of ether oxygens (including phenoxy) is 2. The third-order valence-electron chi connectivity index (χ3n) is 4.94. The molecule has 1 aliphatic rings. The first-order valence-electron chi connectivity index (χ1n) is 9.62. The van der Waals surface area contributed by atoms with Gasteiger partial charge in [-0.1, -0.05) is 41.4 Å². The molecule has 0 spiro atoms. The summed E-state index contributed by atoms with van der Waals surface area (Å²) in [7, 11) is 0. The topological polar surface area (TPSA) is 36.3 Å². The Bertz CT molecular complexity index is 952. The second-order valence-corrected chi connectivity index (χ2v) is 9.03. The number of hydrogen-bond donors (Lipinski definition) is 0. The van der Waals surface area contributed by atoms with Crippen molar-refractivity contribution >= 4 is 35.0 Å². The molecular weight excluding hydrogens is 446 g/mol. The normalized spacial score (nSPS) is 21.2. The van der Waals surface area contributed by atoms with Crippen LogP contribution < -0.4 is 0 Å². The Hall–Kier alpha value is -1.57. The second kappa shape index (κ2) is 9.71. The van der Waals surface area contributed by atoms with Crippen molar-refractivity contribution in [3.8, 4) is 0 Å². The van der Waals surface area contributed by atoms with E-state index in [9.17, 15) is 4.39 Å². The molecule has 0 aliphatic carbocycles. The third-order valence-corrected chi connectivity index (χ3v) is 7.06. The molecule has 1 aliphatic heterocycles. The first-order valence-corrected chi connectivity index (χ1v) is 11.4. The summed E-state index contributed by atoms with van der Waals surface area (Å²) in [6.45, 7) is 1.01. The highest BCUT2D eigenvalue weighted by molar-refractivity contribution is 7.99. The van der Waals surface area contributed by atoms with Gasteiger partial charge in [0.15, 0.2) is 5.79 Å². The zero-order valence-corrected chi connectivity index (χ0v) is 18.5. The van der Waals surface area contributed by atoms with Crippen molar-refractivity contribution in [3.63, 3.8) is 0 Å². The predicted molar refractivity (Wildman–Crippen MR) is 118 cm³/mol. The number of hydrogen-bond acceptors (Lipinski definition) is 4. The van der Waals surface area contributed by atoms with Crippen LogP contribution in [0, 0.1) is 5.82 Å². The number of thioether (sulfide) groups is 1. The fourth-order valence-corrected chi connectivity index (χ4v) is 5.09. The first kappa shape index (κ1) is 21.7. The molecule has 2 aromatic carbocycles. The molecule has 4 rings (SSSR count). The summed E-state index contributed by atoms with van der Waals surface area (Å²) in [4.78, 5) is 4.96. The summed E-state index contributed by atoms with van der Waals surface area (Å²) < 4.78 is 27.8. The molecule has 0 bridgehead atoms. The minimum Gasteiger partial charge on any atom is -0.345 e. The molecule has 0 amide bonds. The lowest BCUT2D eigenvalue weighted by atomic mass is 10.0. The summed E-state index contributed by atoms with van der Waals surface area (Å²) in [6, 6.07) is 12.0. The highest BCUT2D eigenvalue weighted by Gasteiger charge is 2.41. The van der Waals surface area contributed by atoms with Gasteiger partial charge in [0.2, 0.25) is 0 Å². The Morgan fingerprint density at radius 3 is 2.63 bits per heavy atom. The van der Waals surface area contributed by atoms with E-state index in [1.165, 1.54) is 12.1 Å². The average molecular weight is 467 g/mol. The van der Waals surface area contributed by atoms with Gasteiger partial charge in [0.05, 0.1) is 35.6 Å². The molecule has 1 aromatic heterocycles. The molecule has 2 atom stereocenters. The molecule has 1 fully saturated rings. The third kappa shape index (κ3) is 5.37. The Kier molecular flexibility index (Phi) is 7.01. The smallest absolute Gasteiger partial charge is 0.187 e. The van der Waals surface area contributed by atoms with E-state index in [4.69, 9.17) is 32.7 Å². The van der Waals surface area contributed by atoms with Crippen LogP contribution in [0.5, 0.6) is 0 Å². The van der Waals surface area contributed by atoms with Crippen LogP contribution in [0.3, 0.4) is 0 Å². The van der Waals surface area contributed by atoms with Crippen molar-refractivity contribution in [1.82, 2.24) is 9.55 Å². The van der Waals surface area contributed by atoms with E-state index in [-0.39, 0.29) is 11.9 Å². The Morgan fingerprint density at radius 1 is 1.17 bits per heavy atom. The summed E-state index contributed by atoms with van der Waals surface area (Å²) >= 11 is 14.1. The minimum absolute atomic E-state index is 0.0981. The molecular formula is C22H21Cl2FN2O2S. The van der Waals surface area contributed by atoms with Crippen LogP contribution in [0.25, 0.3) is 0 Å². The highest BCUT2D eigenvalue weighted by Crippen LogP contribution is 2.37. The molecule has 30 heavy (non-hydrogen) atoms. The minimum atomic E-state index is -0.773. The van der Waals surface area contributed by atoms with E-state index in [0.29, 0.717) is 41.8 Å². The highest BCUT2D eigenvalue weighted by atomic mass is 35.5. The maximum absolute atomic E-state index is 13.2. The number of halogens is 3. The summed E-state index contributed by atoms with van der Waals surface area (Å²) in [6.07, 6.45) is 6.63. The van der Waals surface area contributed by atoms with Gasteiger partial charge in [-0.2, -0.15) is 0 Å². The van der Waals surface area contributed by atoms with E-state index in [0.717, 1.165) is 10.5 Å². The molecule has 4 nitrogen and oxygen atoms in total. The van der Waals surface area contributed by atoms with Crippen LogP contribution in [-0.4, -0.2) is 33.8 Å². The SMILES string of the molecule is Fc1ccc(CCC2(Cn3ccnc3)OCC(CSc3c(Cl)cccc3Cl)O2)cc1. The van der Waals surface area contributed by atoms with Gasteiger partial charge in [-0.05, 0) is 36.2 Å². The van der Waals surface area contributed by atoms with E-state index in [1.807, 2.05) is 29.0 Å². The Balaban J connectivity index is 1.43. The van der Waals surface area contributed by atoms with Gasteiger partial charge in [-0.15, -0.1) is 11.8 Å². The number of nitrogens with zero attached hydrogens (tertiary/aromatic N) is 2. The summed E-state index contributed by atoms with van der Waals surface area (Å²) in [5.41, 5.74) is 1.04. The lowest BCUT2D eigenvalue weighted by molar-refractivity contribution is -0.180. The number of imidazole rings is 1. The fourth-order valence-electron chi connectivity index (χ4n) is 3.43. The molecule has 0 saturated carbocycles. The predicted octanol–water partition coefficient (Wildman–Crippen LogP) is 5.87. The molecule has 158 valence electrons. The lowest BCUT2D eigenvalue weighted by Crippen LogP contribution is -2.37.